The van der Waals surface area contributed by atoms with Gasteiger partial charge in [0.25, 0.3) is 5.91 Å². The molecule has 0 radical (unpaired) electrons. The minimum Gasteiger partial charge on any atom is -0.398 e. The van der Waals surface area contributed by atoms with Crippen LogP contribution < -0.4 is 5.73 Å². The highest BCUT2D eigenvalue weighted by Crippen LogP contribution is 2.28. The van der Waals surface area contributed by atoms with Crippen molar-refractivity contribution in [3.63, 3.8) is 0 Å². The number of thiophene rings is 1. The quantitative estimate of drug-likeness (QED) is 0.867. The van der Waals surface area contributed by atoms with Gasteiger partial charge in [-0.05, 0) is 44.2 Å². The van der Waals surface area contributed by atoms with Crippen LogP contribution in [0.2, 0.25) is 5.02 Å². The fraction of sp³-hybridized carbons (Fsp3) is 0.267. The molecule has 20 heavy (non-hydrogen) atoms. The van der Waals surface area contributed by atoms with E-state index in [1.54, 1.807) is 41.5 Å². The molecule has 1 aromatic carbocycles. The Morgan fingerprint density at radius 1 is 1.35 bits per heavy atom. The maximum atomic E-state index is 12.5. The molecule has 0 aliphatic heterocycles. The van der Waals surface area contributed by atoms with Crippen molar-refractivity contribution in [1.82, 2.24) is 4.90 Å². The zero-order chi connectivity index (χ0) is 14.9. The molecule has 0 bridgehead atoms. The van der Waals surface area contributed by atoms with Gasteiger partial charge in [-0.2, -0.15) is 0 Å². The SMILES string of the molecule is Cc1ccc(C(C)N(C)C(=O)c2ccc(Cl)cc2N)s1. The molecule has 0 saturated heterocycles. The van der Waals surface area contributed by atoms with Crippen molar-refractivity contribution in [1.29, 1.82) is 0 Å². The number of halogens is 1. The fourth-order valence-electron chi connectivity index (χ4n) is 1.96. The number of anilines is 1. The molecule has 1 amide bonds. The molecule has 0 aliphatic carbocycles. The van der Waals surface area contributed by atoms with Gasteiger partial charge in [-0.25, -0.2) is 0 Å². The van der Waals surface area contributed by atoms with Gasteiger partial charge in [0.1, 0.15) is 0 Å². The lowest BCUT2D eigenvalue weighted by Crippen LogP contribution is -2.29. The molecule has 5 heteroatoms. The minimum absolute atomic E-state index is 0.0104. The smallest absolute Gasteiger partial charge is 0.256 e. The summed E-state index contributed by atoms with van der Waals surface area (Å²) in [4.78, 5) is 16.6. The maximum absolute atomic E-state index is 12.5. The number of nitrogens with two attached hydrogens (primary N) is 1. The van der Waals surface area contributed by atoms with Crippen LogP contribution in [0.3, 0.4) is 0 Å². The summed E-state index contributed by atoms with van der Waals surface area (Å²) < 4.78 is 0. The molecule has 1 heterocycles. The fourth-order valence-corrected chi connectivity index (χ4v) is 3.12. The zero-order valence-electron chi connectivity index (χ0n) is 11.7. The van der Waals surface area contributed by atoms with E-state index in [0.717, 1.165) is 4.88 Å². The second kappa shape index (κ2) is 5.85. The van der Waals surface area contributed by atoms with Crippen LogP contribution in [0.4, 0.5) is 5.69 Å². The predicted molar refractivity (Wildman–Crippen MR) is 85.4 cm³/mol. The predicted octanol–water partition coefficient (Wildman–Crippen LogP) is 4.13. The number of nitrogens with zero attached hydrogens (tertiary/aromatic N) is 1. The van der Waals surface area contributed by atoms with Crippen LogP contribution in [0, 0.1) is 6.92 Å². The van der Waals surface area contributed by atoms with Crippen LogP contribution in [0.1, 0.15) is 33.1 Å². The Hall–Kier alpha value is -1.52. The Bertz CT molecular complexity index is 639. The number of rotatable bonds is 3. The molecule has 0 spiro atoms. The van der Waals surface area contributed by atoms with Gasteiger partial charge in [-0.1, -0.05) is 11.6 Å². The van der Waals surface area contributed by atoms with Crippen molar-refractivity contribution in [2.45, 2.75) is 19.9 Å². The maximum Gasteiger partial charge on any atom is 0.256 e. The summed E-state index contributed by atoms with van der Waals surface area (Å²) in [6.07, 6.45) is 0. The molecular formula is C15H17ClN2OS. The van der Waals surface area contributed by atoms with E-state index >= 15 is 0 Å². The van der Waals surface area contributed by atoms with Crippen molar-refractivity contribution in [2.75, 3.05) is 12.8 Å². The summed E-state index contributed by atoms with van der Waals surface area (Å²) in [5.41, 5.74) is 6.76. The molecule has 1 aromatic heterocycles. The largest absolute Gasteiger partial charge is 0.398 e. The molecule has 2 rings (SSSR count). The number of aryl methyl sites for hydroxylation is 1. The lowest BCUT2D eigenvalue weighted by atomic mass is 10.1. The van der Waals surface area contributed by atoms with E-state index in [-0.39, 0.29) is 11.9 Å². The molecule has 0 aliphatic rings. The Labute approximate surface area is 128 Å². The summed E-state index contributed by atoms with van der Waals surface area (Å²) >= 11 is 7.56. The van der Waals surface area contributed by atoms with Crippen LogP contribution in [-0.2, 0) is 0 Å². The first-order valence-electron chi connectivity index (χ1n) is 6.28. The van der Waals surface area contributed by atoms with Gasteiger partial charge in [0, 0.05) is 27.5 Å². The van der Waals surface area contributed by atoms with Gasteiger partial charge in [-0.15, -0.1) is 11.3 Å². The normalized spacial score (nSPS) is 12.2. The third-order valence-electron chi connectivity index (χ3n) is 3.32. The first kappa shape index (κ1) is 14.9. The molecule has 1 unspecified atom stereocenters. The number of benzene rings is 1. The Morgan fingerprint density at radius 3 is 2.60 bits per heavy atom. The van der Waals surface area contributed by atoms with Gasteiger partial charge in [0.2, 0.25) is 0 Å². The van der Waals surface area contributed by atoms with Crippen molar-refractivity contribution in [2.24, 2.45) is 0 Å². The molecule has 106 valence electrons. The van der Waals surface area contributed by atoms with E-state index < -0.39 is 0 Å². The molecule has 3 nitrogen and oxygen atoms in total. The molecule has 0 saturated carbocycles. The van der Waals surface area contributed by atoms with E-state index in [1.807, 2.05) is 6.92 Å². The molecule has 2 aromatic rings. The first-order chi connectivity index (χ1) is 9.40. The third-order valence-corrected chi connectivity index (χ3v) is 4.72. The van der Waals surface area contributed by atoms with Crippen LogP contribution in [-0.4, -0.2) is 17.9 Å². The van der Waals surface area contributed by atoms with Gasteiger partial charge >= 0.3 is 0 Å². The average molecular weight is 309 g/mol. The Balaban J connectivity index is 2.24. The number of amides is 1. The number of carbonyl (C=O) groups excluding carboxylic acids is 1. The number of nitrogen functional groups attached to an aromatic ring is 1. The van der Waals surface area contributed by atoms with Gasteiger partial charge in [0.15, 0.2) is 0 Å². The zero-order valence-corrected chi connectivity index (χ0v) is 13.3. The van der Waals surface area contributed by atoms with E-state index in [9.17, 15) is 4.79 Å². The minimum atomic E-state index is -0.0993. The van der Waals surface area contributed by atoms with Crippen molar-refractivity contribution >= 4 is 34.5 Å². The highest BCUT2D eigenvalue weighted by molar-refractivity contribution is 7.12. The Kier molecular flexibility index (Phi) is 4.35. The summed E-state index contributed by atoms with van der Waals surface area (Å²) in [5, 5.41) is 0.531. The van der Waals surface area contributed by atoms with Crippen molar-refractivity contribution in [3.05, 3.63) is 50.7 Å². The van der Waals surface area contributed by atoms with Crippen LogP contribution in [0.25, 0.3) is 0 Å². The molecule has 1 atom stereocenters. The summed E-state index contributed by atoms with van der Waals surface area (Å²) in [6.45, 7) is 4.06. The number of hydrogen-bond acceptors (Lipinski definition) is 3. The highest BCUT2D eigenvalue weighted by Gasteiger charge is 2.21. The lowest BCUT2D eigenvalue weighted by Gasteiger charge is -2.24. The third kappa shape index (κ3) is 2.97. The van der Waals surface area contributed by atoms with E-state index in [1.165, 1.54) is 4.88 Å². The van der Waals surface area contributed by atoms with Gasteiger partial charge < -0.3 is 10.6 Å². The standard InChI is InChI=1S/C15H17ClN2OS/c1-9-4-7-14(20-9)10(2)18(3)15(19)12-6-5-11(16)8-13(12)17/h4-8,10H,17H2,1-3H3. The number of carbonyl (C=O) groups is 1. The summed E-state index contributed by atoms with van der Waals surface area (Å²) in [7, 11) is 1.79. The molecule has 2 N–H and O–H groups in total. The van der Waals surface area contributed by atoms with Gasteiger partial charge in [0.05, 0.1) is 11.6 Å². The second-order valence-corrected chi connectivity index (χ2v) is 6.53. The summed E-state index contributed by atoms with van der Waals surface area (Å²) in [5.74, 6) is -0.0993. The van der Waals surface area contributed by atoms with Crippen LogP contribution in [0.5, 0.6) is 0 Å². The first-order valence-corrected chi connectivity index (χ1v) is 7.48. The Morgan fingerprint density at radius 2 is 2.05 bits per heavy atom. The van der Waals surface area contributed by atoms with E-state index in [4.69, 9.17) is 17.3 Å². The van der Waals surface area contributed by atoms with Gasteiger partial charge in [-0.3, -0.25) is 4.79 Å². The number of hydrogen-bond donors (Lipinski definition) is 1. The van der Waals surface area contributed by atoms with Crippen molar-refractivity contribution < 1.29 is 4.79 Å². The van der Waals surface area contributed by atoms with Crippen LogP contribution in [0.15, 0.2) is 30.3 Å². The van der Waals surface area contributed by atoms with Crippen molar-refractivity contribution in [3.8, 4) is 0 Å². The van der Waals surface area contributed by atoms with E-state index in [0.29, 0.717) is 16.3 Å². The second-order valence-electron chi connectivity index (χ2n) is 4.77. The van der Waals surface area contributed by atoms with Crippen LogP contribution >= 0.6 is 22.9 Å². The van der Waals surface area contributed by atoms with E-state index in [2.05, 4.69) is 19.1 Å². The summed E-state index contributed by atoms with van der Waals surface area (Å²) in [6, 6.07) is 9.08. The lowest BCUT2D eigenvalue weighted by molar-refractivity contribution is 0.0746. The highest BCUT2D eigenvalue weighted by atomic mass is 35.5. The monoisotopic (exact) mass is 308 g/mol. The molecule has 0 fully saturated rings. The average Bonchev–Trinajstić information content (AvgIpc) is 2.83. The topological polar surface area (TPSA) is 46.3 Å². The molecular weight excluding hydrogens is 292 g/mol.